The van der Waals surface area contributed by atoms with Crippen LogP contribution in [-0.4, -0.2) is 46.9 Å². The van der Waals surface area contributed by atoms with Crippen LogP contribution < -0.4 is 4.90 Å². The predicted molar refractivity (Wildman–Crippen MR) is 152 cm³/mol. The van der Waals surface area contributed by atoms with Crippen LogP contribution in [0.2, 0.25) is 5.02 Å². The molecule has 1 fully saturated rings. The van der Waals surface area contributed by atoms with Gasteiger partial charge in [0.2, 0.25) is 0 Å². The van der Waals surface area contributed by atoms with Gasteiger partial charge >= 0.3 is 6.18 Å². The molecule has 3 aromatic carbocycles. The highest BCUT2D eigenvalue weighted by atomic mass is 35.5. The van der Waals surface area contributed by atoms with Crippen molar-refractivity contribution in [1.82, 2.24) is 14.8 Å². The molecule has 1 saturated heterocycles. The molecule has 0 unspecified atom stereocenters. The summed E-state index contributed by atoms with van der Waals surface area (Å²) >= 11 is 7.63. The smallest absolute Gasteiger partial charge is 0.367 e. The second-order valence-corrected chi connectivity index (χ2v) is 11.1. The van der Waals surface area contributed by atoms with E-state index in [9.17, 15) is 22.4 Å². The topological polar surface area (TPSA) is 39.7 Å². The fourth-order valence-electron chi connectivity index (χ4n) is 4.83. The van der Waals surface area contributed by atoms with Gasteiger partial charge in [-0.05, 0) is 29.8 Å². The Morgan fingerprint density at radius 3 is 2.39 bits per heavy atom. The van der Waals surface area contributed by atoms with Crippen LogP contribution in [-0.2, 0) is 25.8 Å². The molecule has 11 heteroatoms. The average Bonchev–Trinajstić information content (AvgIpc) is 3.42. The van der Waals surface area contributed by atoms with E-state index in [1.807, 2.05) is 29.2 Å². The highest BCUT2D eigenvalue weighted by Gasteiger charge is 2.30. The molecule has 4 aromatic rings. The summed E-state index contributed by atoms with van der Waals surface area (Å²) in [5.41, 5.74) is 1.38. The zero-order valence-electron chi connectivity index (χ0n) is 22.0. The van der Waals surface area contributed by atoms with Crippen molar-refractivity contribution in [3.63, 3.8) is 0 Å². The maximum atomic E-state index is 14.5. The first-order chi connectivity index (χ1) is 19.7. The number of nitrogens with zero attached hydrogens (tertiary/aromatic N) is 4. The van der Waals surface area contributed by atoms with Gasteiger partial charge in [-0.2, -0.15) is 13.2 Å². The van der Waals surface area contributed by atoms with Gasteiger partial charge in [0.15, 0.2) is 0 Å². The van der Waals surface area contributed by atoms with Crippen LogP contribution in [0, 0.1) is 5.82 Å². The average molecular weight is 603 g/mol. The van der Waals surface area contributed by atoms with Crippen molar-refractivity contribution < 1.29 is 22.4 Å². The minimum Gasteiger partial charge on any atom is -0.367 e. The number of hydrogen-bond acceptors (Lipinski definition) is 5. The van der Waals surface area contributed by atoms with Crippen LogP contribution >= 0.6 is 22.9 Å². The summed E-state index contributed by atoms with van der Waals surface area (Å²) in [4.78, 5) is 23.5. The lowest BCUT2D eigenvalue weighted by Gasteiger charge is -2.36. The zero-order chi connectivity index (χ0) is 29.0. The van der Waals surface area contributed by atoms with Gasteiger partial charge in [-0.25, -0.2) is 9.37 Å². The number of rotatable bonds is 8. The van der Waals surface area contributed by atoms with Gasteiger partial charge < -0.3 is 9.80 Å². The molecule has 0 aliphatic carbocycles. The quantitative estimate of drug-likeness (QED) is 0.201. The summed E-state index contributed by atoms with van der Waals surface area (Å²) in [7, 11) is 0. The van der Waals surface area contributed by atoms with Crippen LogP contribution in [0.5, 0.6) is 0 Å². The van der Waals surface area contributed by atoms with Crippen molar-refractivity contribution in [2.24, 2.45) is 0 Å². The number of halogens is 5. The molecule has 1 aliphatic heterocycles. The van der Waals surface area contributed by atoms with E-state index < -0.39 is 17.6 Å². The first-order valence-electron chi connectivity index (χ1n) is 13.0. The normalized spacial score (nSPS) is 14.1. The standard InChI is InChI=1S/C30H27ClF4N4OS/c31-24-9-2-4-11-27(24)38-12-14-39(15-13-38)29(40)26-20-41-28(36-26)19-37(18-22-7-1-3-10-25(22)32)17-21-6-5-8-23(16-21)30(33,34)35/h1-11,16,20H,12-15,17-19H2. The van der Waals surface area contributed by atoms with E-state index >= 15 is 0 Å². The summed E-state index contributed by atoms with van der Waals surface area (Å²) in [5.74, 6) is -0.572. The monoisotopic (exact) mass is 602 g/mol. The number of hydrogen-bond donors (Lipinski definition) is 0. The molecule has 1 aromatic heterocycles. The second-order valence-electron chi connectivity index (χ2n) is 9.79. The number of carbonyl (C=O) groups is 1. The first kappa shape index (κ1) is 29.0. The van der Waals surface area contributed by atoms with Crippen molar-refractivity contribution in [2.45, 2.75) is 25.8 Å². The molecule has 0 atom stereocenters. The Balaban J connectivity index is 1.28. The summed E-state index contributed by atoms with van der Waals surface area (Å²) in [6.45, 7) is 2.86. The predicted octanol–water partition coefficient (Wildman–Crippen LogP) is 7.12. The Labute approximate surface area is 244 Å². The molecular formula is C30H27ClF4N4OS. The first-order valence-corrected chi connectivity index (χ1v) is 14.3. The van der Waals surface area contributed by atoms with Gasteiger partial charge in [0.05, 0.1) is 22.8 Å². The molecule has 0 N–H and O–H groups in total. The highest BCUT2D eigenvalue weighted by Crippen LogP contribution is 2.30. The number of thiazole rings is 1. The van der Waals surface area contributed by atoms with E-state index in [1.165, 1.54) is 23.5 Å². The van der Waals surface area contributed by atoms with E-state index in [-0.39, 0.29) is 25.5 Å². The molecule has 0 spiro atoms. The number of para-hydroxylation sites is 1. The molecule has 0 bridgehead atoms. The lowest BCUT2D eigenvalue weighted by atomic mass is 10.1. The highest BCUT2D eigenvalue weighted by molar-refractivity contribution is 7.09. The Bertz CT molecular complexity index is 1500. The van der Waals surface area contributed by atoms with Gasteiger partial charge in [-0.1, -0.05) is 60.1 Å². The van der Waals surface area contributed by atoms with Crippen LogP contribution in [0.15, 0.2) is 78.2 Å². The van der Waals surface area contributed by atoms with Crippen LogP contribution in [0.3, 0.4) is 0 Å². The van der Waals surface area contributed by atoms with E-state index in [0.29, 0.717) is 53.0 Å². The molecule has 214 valence electrons. The summed E-state index contributed by atoms with van der Waals surface area (Å²) in [5, 5.41) is 2.98. The molecule has 2 heterocycles. The third-order valence-electron chi connectivity index (χ3n) is 6.90. The number of benzene rings is 3. The van der Waals surface area contributed by atoms with Crippen LogP contribution in [0.4, 0.5) is 23.2 Å². The third kappa shape index (κ3) is 7.25. The summed E-state index contributed by atoms with van der Waals surface area (Å²) in [6, 6.07) is 19.0. The Kier molecular flexibility index (Phi) is 8.91. The fraction of sp³-hybridized carbons (Fsp3) is 0.267. The summed E-state index contributed by atoms with van der Waals surface area (Å²) in [6.07, 6.45) is -4.46. The third-order valence-corrected chi connectivity index (χ3v) is 8.06. The molecule has 0 radical (unpaired) electrons. The number of amides is 1. The van der Waals surface area contributed by atoms with Crippen molar-refractivity contribution >= 4 is 34.5 Å². The lowest BCUT2D eigenvalue weighted by Crippen LogP contribution is -2.49. The van der Waals surface area contributed by atoms with Crippen LogP contribution in [0.25, 0.3) is 0 Å². The number of alkyl halides is 3. The fourth-order valence-corrected chi connectivity index (χ4v) is 5.90. The number of carbonyl (C=O) groups excluding carboxylic acids is 1. The van der Waals surface area contributed by atoms with E-state index in [1.54, 1.807) is 34.5 Å². The zero-order valence-corrected chi connectivity index (χ0v) is 23.5. The van der Waals surface area contributed by atoms with Gasteiger partial charge in [-0.15, -0.1) is 11.3 Å². The maximum absolute atomic E-state index is 14.5. The van der Waals surface area contributed by atoms with Crippen molar-refractivity contribution in [3.8, 4) is 0 Å². The Morgan fingerprint density at radius 1 is 0.927 bits per heavy atom. The SMILES string of the molecule is O=C(c1csc(CN(Cc2cccc(C(F)(F)F)c2)Cc2ccccc2F)n1)N1CCN(c2ccccc2Cl)CC1. The maximum Gasteiger partial charge on any atom is 0.416 e. The molecule has 1 amide bonds. The van der Waals surface area contributed by atoms with Crippen molar-refractivity contribution in [3.05, 3.63) is 116 Å². The summed E-state index contributed by atoms with van der Waals surface area (Å²) < 4.78 is 54.4. The van der Waals surface area contributed by atoms with E-state index in [0.717, 1.165) is 17.8 Å². The molecular weight excluding hydrogens is 576 g/mol. The van der Waals surface area contributed by atoms with Crippen molar-refractivity contribution in [2.75, 3.05) is 31.1 Å². The second kappa shape index (κ2) is 12.6. The Morgan fingerprint density at radius 2 is 1.66 bits per heavy atom. The van der Waals surface area contributed by atoms with Crippen molar-refractivity contribution in [1.29, 1.82) is 0 Å². The minimum absolute atomic E-state index is 0.144. The van der Waals surface area contributed by atoms with Gasteiger partial charge in [0, 0.05) is 50.2 Å². The molecule has 1 aliphatic rings. The van der Waals surface area contributed by atoms with E-state index in [4.69, 9.17) is 11.6 Å². The lowest BCUT2D eigenvalue weighted by molar-refractivity contribution is -0.137. The molecule has 5 nitrogen and oxygen atoms in total. The van der Waals surface area contributed by atoms with E-state index in [2.05, 4.69) is 9.88 Å². The van der Waals surface area contributed by atoms with Gasteiger partial charge in [-0.3, -0.25) is 9.69 Å². The molecule has 41 heavy (non-hydrogen) atoms. The number of anilines is 1. The molecule has 0 saturated carbocycles. The number of piperazine rings is 1. The van der Waals surface area contributed by atoms with Gasteiger partial charge in [0.1, 0.15) is 16.5 Å². The molecule has 5 rings (SSSR count). The van der Waals surface area contributed by atoms with Gasteiger partial charge in [0.25, 0.3) is 5.91 Å². The van der Waals surface area contributed by atoms with Crippen LogP contribution in [0.1, 0.15) is 32.2 Å². The Hall–Kier alpha value is -3.47. The largest absolute Gasteiger partial charge is 0.416 e. The number of aromatic nitrogens is 1. The minimum atomic E-state index is -4.46.